The standard InChI is InChI=1S/C28H24O4/c1-18-9-10-20-6-2-3-8-25(20)28(18)21-7-4-5-19(13-21)16-31-23-11-12-24-22(14-27(29)30)17-32-26(24)15-23/h2-13,15,22H,14,16-17H2,1H3,(H,29,30). The number of hydrogen-bond acceptors (Lipinski definition) is 3. The van der Waals surface area contributed by atoms with Crippen LogP contribution in [-0.2, 0) is 11.4 Å². The summed E-state index contributed by atoms with van der Waals surface area (Å²) in [6, 6.07) is 26.9. The van der Waals surface area contributed by atoms with E-state index in [2.05, 4.69) is 67.6 Å². The molecule has 1 aliphatic heterocycles. The molecule has 0 aliphatic carbocycles. The van der Waals surface area contributed by atoms with Gasteiger partial charge in [-0.2, -0.15) is 0 Å². The van der Waals surface area contributed by atoms with Crippen LogP contribution in [0.15, 0.2) is 78.9 Å². The third-order valence-corrected chi connectivity index (χ3v) is 6.04. The Kier molecular flexibility index (Phi) is 5.28. The monoisotopic (exact) mass is 424 g/mol. The van der Waals surface area contributed by atoms with Gasteiger partial charge in [0, 0.05) is 17.5 Å². The van der Waals surface area contributed by atoms with Crippen molar-refractivity contribution in [2.45, 2.75) is 25.9 Å². The molecule has 1 unspecified atom stereocenters. The molecule has 4 aromatic carbocycles. The Balaban J connectivity index is 1.36. The summed E-state index contributed by atoms with van der Waals surface area (Å²) in [6.07, 6.45) is 0.0770. The lowest BCUT2D eigenvalue weighted by Gasteiger charge is -2.13. The van der Waals surface area contributed by atoms with Crippen molar-refractivity contribution < 1.29 is 19.4 Å². The summed E-state index contributed by atoms with van der Waals surface area (Å²) < 4.78 is 11.7. The molecule has 0 spiro atoms. The maximum Gasteiger partial charge on any atom is 0.304 e. The number of hydrogen-bond donors (Lipinski definition) is 1. The van der Waals surface area contributed by atoms with Crippen molar-refractivity contribution in [2.75, 3.05) is 6.61 Å². The average molecular weight is 424 g/mol. The van der Waals surface area contributed by atoms with Gasteiger partial charge in [0.1, 0.15) is 18.1 Å². The average Bonchev–Trinajstić information content (AvgIpc) is 3.19. The van der Waals surface area contributed by atoms with Gasteiger partial charge in [-0.15, -0.1) is 0 Å². The van der Waals surface area contributed by atoms with E-state index in [0.29, 0.717) is 24.7 Å². The molecule has 32 heavy (non-hydrogen) atoms. The molecule has 0 aromatic heterocycles. The van der Waals surface area contributed by atoms with Crippen LogP contribution in [0.3, 0.4) is 0 Å². The molecule has 0 radical (unpaired) electrons. The minimum absolute atomic E-state index is 0.0770. The van der Waals surface area contributed by atoms with Crippen molar-refractivity contribution in [3.05, 3.63) is 95.6 Å². The SMILES string of the molecule is Cc1ccc2ccccc2c1-c1cccc(COc2ccc3c(c2)OCC3CC(=O)O)c1. The summed E-state index contributed by atoms with van der Waals surface area (Å²) in [6.45, 7) is 2.99. The van der Waals surface area contributed by atoms with Crippen LogP contribution in [0, 0.1) is 6.92 Å². The molecule has 0 bridgehead atoms. The number of carbonyl (C=O) groups is 1. The molecular formula is C28H24O4. The van der Waals surface area contributed by atoms with E-state index in [1.54, 1.807) is 0 Å². The van der Waals surface area contributed by atoms with Crippen molar-refractivity contribution in [1.82, 2.24) is 0 Å². The van der Waals surface area contributed by atoms with E-state index in [9.17, 15) is 4.79 Å². The Morgan fingerprint density at radius 2 is 1.91 bits per heavy atom. The van der Waals surface area contributed by atoms with Crippen molar-refractivity contribution in [3.8, 4) is 22.6 Å². The molecular weight excluding hydrogens is 400 g/mol. The van der Waals surface area contributed by atoms with Gasteiger partial charge in [-0.05, 0) is 52.1 Å². The van der Waals surface area contributed by atoms with E-state index in [0.717, 1.165) is 11.1 Å². The minimum atomic E-state index is -0.812. The summed E-state index contributed by atoms with van der Waals surface area (Å²) in [7, 11) is 0. The molecule has 160 valence electrons. The molecule has 1 aliphatic rings. The summed E-state index contributed by atoms with van der Waals surface area (Å²) >= 11 is 0. The Morgan fingerprint density at radius 3 is 2.78 bits per heavy atom. The molecule has 4 aromatic rings. The van der Waals surface area contributed by atoms with Gasteiger partial charge in [-0.3, -0.25) is 4.79 Å². The zero-order chi connectivity index (χ0) is 22.1. The number of rotatable bonds is 6. The van der Waals surface area contributed by atoms with Crippen LogP contribution < -0.4 is 9.47 Å². The number of benzene rings is 4. The fourth-order valence-corrected chi connectivity index (χ4v) is 4.47. The highest BCUT2D eigenvalue weighted by molar-refractivity contribution is 5.98. The summed E-state index contributed by atoms with van der Waals surface area (Å²) in [4.78, 5) is 11.0. The van der Waals surface area contributed by atoms with Gasteiger partial charge >= 0.3 is 5.97 Å². The van der Waals surface area contributed by atoms with Crippen molar-refractivity contribution >= 4 is 16.7 Å². The third-order valence-electron chi connectivity index (χ3n) is 6.04. The zero-order valence-electron chi connectivity index (χ0n) is 17.9. The topological polar surface area (TPSA) is 55.8 Å². The number of aryl methyl sites for hydroxylation is 1. The van der Waals surface area contributed by atoms with Gasteiger partial charge in [-0.25, -0.2) is 0 Å². The summed E-state index contributed by atoms with van der Waals surface area (Å²) in [5.74, 6) is 0.519. The Bertz CT molecular complexity index is 1310. The van der Waals surface area contributed by atoms with Crippen molar-refractivity contribution in [1.29, 1.82) is 0 Å². The lowest BCUT2D eigenvalue weighted by Crippen LogP contribution is -2.07. The minimum Gasteiger partial charge on any atom is -0.492 e. The van der Waals surface area contributed by atoms with Crippen LogP contribution in [0.2, 0.25) is 0 Å². The lowest BCUT2D eigenvalue weighted by molar-refractivity contribution is -0.137. The maximum absolute atomic E-state index is 11.0. The quantitative estimate of drug-likeness (QED) is 0.392. The predicted octanol–water partition coefficient (Wildman–Crippen LogP) is 6.34. The fraction of sp³-hybridized carbons (Fsp3) is 0.179. The maximum atomic E-state index is 11.0. The third kappa shape index (κ3) is 3.92. The molecule has 0 fully saturated rings. The summed E-state index contributed by atoms with van der Waals surface area (Å²) in [5.41, 5.74) is 5.69. The van der Waals surface area contributed by atoms with E-state index in [-0.39, 0.29) is 12.3 Å². The Morgan fingerprint density at radius 1 is 1.03 bits per heavy atom. The molecule has 4 heteroatoms. The van der Waals surface area contributed by atoms with E-state index >= 15 is 0 Å². The largest absolute Gasteiger partial charge is 0.492 e. The highest BCUT2D eigenvalue weighted by Gasteiger charge is 2.26. The first-order chi connectivity index (χ1) is 15.6. The van der Waals surface area contributed by atoms with Crippen molar-refractivity contribution in [3.63, 3.8) is 0 Å². The number of ether oxygens (including phenoxy) is 2. The predicted molar refractivity (Wildman–Crippen MR) is 125 cm³/mol. The second-order valence-corrected chi connectivity index (χ2v) is 8.27. The highest BCUT2D eigenvalue weighted by atomic mass is 16.5. The van der Waals surface area contributed by atoms with Gasteiger partial charge in [0.15, 0.2) is 0 Å². The summed E-state index contributed by atoms with van der Waals surface area (Å²) in [5, 5.41) is 11.5. The zero-order valence-corrected chi connectivity index (χ0v) is 17.9. The van der Waals surface area contributed by atoms with Crippen LogP contribution in [0.1, 0.15) is 29.0 Å². The lowest BCUT2D eigenvalue weighted by atomic mass is 9.93. The van der Waals surface area contributed by atoms with E-state index in [4.69, 9.17) is 14.6 Å². The van der Waals surface area contributed by atoms with E-state index < -0.39 is 5.97 Å². The number of fused-ring (bicyclic) bond motifs is 2. The first kappa shape index (κ1) is 20.1. The Labute approximate surface area is 187 Å². The molecule has 4 nitrogen and oxygen atoms in total. The Hall–Kier alpha value is -3.79. The molecule has 1 heterocycles. The van der Waals surface area contributed by atoms with Gasteiger partial charge in [0.2, 0.25) is 0 Å². The van der Waals surface area contributed by atoms with Gasteiger partial charge in [0.25, 0.3) is 0 Å². The van der Waals surface area contributed by atoms with Crippen LogP contribution in [0.4, 0.5) is 0 Å². The molecule has 5 rings (SSSR count). The van der Waals surface area contributed by atoms with Gasteiger partial charge in [0.05, 0.1) is 13.0 Å². The van der Waals surface area contributed by atoms with E-state index in [1.165, 1.54) is 27.5 Å². The van der Waals surface area contributed by atoms with Gasteiger partial charge in [-0.1, -0.05) is 60.7 Å². The molecule has 0 saturated carbocycles. The number of aliphatic carboxylic acids is 1. The second kappa shape index (κ2) is 8.39. The molecule has 1 N–H and O–H groups in total. The smallest absolute Gasteiger partial charge is 0.304 e. The first-order valence-electron chi connectivity index (χ1n) is 10.8. The van der Waals surface area contributed by atoms with E-state index in [1.807, 2.05) is 18.2 Å². The number of carboxylic acids is 1. The van der Waals surface area contributed by atoms with Crippen LogP contribution in [0.25, 0.3) is 21.9 Å². The van der Waals surface area contributed by atoms with Crippen LogP contribution >= 0.6 is 0 Å². The number of carboxylic acid groups (broad SMARTS) is 1. The van der Waals surface area contributed by atoms with Crippen LogP contribution in [0.5, 0.6) is 11.5 Å². The highest BCUT2D eigenvalue weighted by Crippen LogP contribution is 2.38. The second-order valence-electron chi connectivity index (χ2n) is 8.27. The molecule has 0 saturated heterocycles. The molecule has 0 amide bonds. The normalized spacial score (nSPS) is 14.7. The first-order valence-corrected chi connectivity index (χ1v) is 10.8. The molecule has 1 atom stereocenters. The van der Waals surface area contributed by atoms with Crippen LogP contribution in [-0.4, -0.2) is 17.7 Å². The van der Waals surface area contributed by atoms with Gasteiger partial charge < -0.3 is 14.6 Å². The van der Waals surface area contributed by atoms with Crippen molar-refractivity contribution in [2.24, 2.45) is 0 Å². The fourth-order valence-electron chi connectivity index (χ4n) is 4.47.